The molecule has 1 heterocycles. The largest absolute Gasteiger partial charge is 0.494 e. The molecular weight excluding hydrogens is 302 g/mol. The van der Waals surface area contributed by atoms with Gasteiger partial charge in [0, 0.05) is 26.1 Å². The fourth-order valence-electron chi connectivity index (χ4n) is 2.99. The van der Waals surface area contributed by atoms with Crippen molar-refractivity contribution in [3.05, 3.63) is 29.8 Å². The second kappa shape index (κ2) is 8.52. The van der Waals surface area contributed by atoms with Crippen LogP contribution in [-0.2, 0) is 10.2 Å². The zero-order chi connectivity index (χ0) is 17.6. The number of carbonyl (C=O) groups is 1. The Kier molecular flexibility index (Phi) is 6.67. The van der Waals surface area contributed by atoms with Gasteiger partial charge in [0.25, 0.3) is 0 Å². The number of likely N-dealkylation sites (tertiary alicyclic amines) is 1. The van der Waals surface area contributed by atoms with Gasteiger partial charge in [0.15, 0.2) is 0 Å². The number of hydrogen-bond acceptors (Lipinski definition) is 3. The van der Waals surface area contributed by atoms with Crippen LogP contribution < -0.4 is 4.74 Å². The summed E-state index contributed by atoms with van der Waals surface area (Å²) in [4.78, 5) is 14.1. The molecule has 0 atom stereocenters. The van der Waals surface area contributed by atoms with Gasteiger partial charge in [-0.1, -0.05) is 32.9 Å². The lowest BCUT2D eigenvalue weighted by molar-refractivity contribution is -0.133. The quantitative estimate of drug-likeness (QED) is 0.812. The lowest BCUT2D eigenvalue weighted by atomic mass is 9.87. The van der Waals surface area contributed by atoms with Gasteiger partial charge in [0.2, 0.25) is 5.91 Å². The molecule has 1 saturated heterocycles. The highest BCUT2D eigenvalue weighted by molar-refractivity contribution is 5.76. The molecule has 0 aromatic heterocycles. The molecule has 0 saturated carbocycles. The van der Waals surface area contributed by atoms with E-state index in [0.717, 1.165) is 38.1 Å². The van der Waals surface area contributed by atoms with E-state index < -0.39 is 0 Å². The Bertz CT molecular complexity index is 511. The van der Waals surface area contributed by atoms with Gasteiger partial charge in [-0.05, 0) is 48.3 Å². The van der Waals surface area contributed by atoms with Crippen molar-refractivity contribution in [2.75, 3.05) is 26.3 Å². The Morgan fingerprint density at radius 1 is 1.21 bits per heavy atom. The molecule has 0 spiro atoms. The average molecular weight is 333 g/mol. The van der Waals surface area contributed by atoms with E-state index in [-0.39, 0.29) is 17.9 Å². The van der Waals surface area contributed by atoms with Crippen molar-refractivity contribution in [1.82, 2.24) is 4.90 Å². The Hall–Kier alpha value is -1.55. The van der Waals surface area contributed by atoms with Crippen molar-refractivity contribution in [3.8, 4) is 5.75 Å². The van der Waals surface area contributed by atoms with E-state index in [0.29, 0.717) is 18.9 Å². The minimum absolute atomic E-state index is 0.147. The van der Waals surface area contributed by atoms with Crippen LogP contribution in [0.4, 0.5) is 0 Å². The standard InChI is InChI=1S/C20H31NO3/c1-20(2,3)17-6-8-18(9-7-17)24-14-4-5-19(23)21-12-10-16(15-22)11-13-21/h6-9,16,22H,4-5,10-15H2,1-3H3. The highest BCUT2D eigenvalue weighted by Crippen LogP contribution is 2.24. The number of hydrogen-bond donors (Lipinski definition) is 1. The van der Waals surface area contributed by atoms with Crippen LogP contribution in [0.2, 0.25) is 0 Å². The summed E-state index contributed by atoms with van der Waals surface area (Å²) in [5.74, 6) is 1.44. The van der Waals surface area contributed by atoms with Gasteiger partial charge in [0.05, 0.1) is 6.61 Å². The number of benzene rings is 1. The number of piperidine rings is 1. The van der Waals surface area contributed by atoms with Gasteiger partial charge in [-0.25, -0.2) is 0 Å². The summed E-state index contributed by atoms with van der Waals surface area (Å²) >= 11 is 0. The number of aliphatic hydroxyl groups is 1. The monoisotopic (exact) mass is 333 g/mol. The first kappa shape index (κ1) is 18.8. The highest BCUT2D eigenvalue weighted by Gasteiger charge is 2.21. The molecule has 1 aromatic carbocycles. The van der Waals surface area contributed by atoms with Gasteiger partial charge < -0.3 is 14.7 Å². The van der Waals surface area contributed by atoms with Crippen LogP contribution in [0, 0.1) is 5.92 Å². The average Bonchev–Trinajstić information content (AvgIpc) is 2.58. The van der Waals surface area contributed by atoms with Crippen molar-refractivity contribution in [2.45, 2.75) is 51.9 Å². The summed E-state index contributed by atoms with van der Waals surface area (Å²) in [5.41, 5.74) is 1.44. The topological polar surface area (TPSA) is 49.8 Å². The van der Waals surface area contributed by atoms with Crippen LogP contribution in [0.1, 0.15) is 52.0 Å². The van der Waals surface area contributed by atoms with Crippen LogP contribution >= 0.6 is 0 Å². The first-order chi connectivity index (χ1) is 11.4. The third kappa shape index (κ3) is 5.52. The summed E-state index contributed by atoms with van der Waals surface area (Å²) in [5, 5.41) is 9.14. The number of ether oxygens (including phenoxy) is 1. The summed E-state index contributed by atoms with van der Waals surface area (Å²) in [6.07, 6.45) is 3.10. The summed E-state index contributed by atoms with van der Waals surface area (Å²) in [6.45, 7) is 8.93. The number of carbonyl (C=O) groups excluding carboxylic acids is 1. The van der Waals surface area contributed by atoms with E-state index in [9.17, 15) is 4.79 Å². The third-order valence-corrected chi connectivity index (χ3v) is 4.75. The van der Waals surface area contributed by atoms with E-state index in [1.165, 1.54) is 5.56 Å². The zero-order valence-electron chi connectivity index (χ0n) is 15.3. The zero-order valence-corrected chi connectivity index (χ0v) is 15.3. The van der Waals surface area contributed by atoms with Crippen molar-refractivity contribution in [2.24, 2.45) is 5.92 Å². The second-order valence-corrected chi connectivity index (χ2v) is 7.73. The van der Waals surface area contributed by atoms with Crippen LogP contribution in [0.3, 0.4) is 0 Å². The number of nitrogens with zero attached hydrogens (tertiary/aromatic N) is 1. The molecule has 1 aliphatic heterocycles. The van der Waals surface area contributed by atoms with Gasteiger partial charge in [0.1, 0.15) is 5.75 Å². The Labute approximate surface area is 145 Å². The molecule has 1 aliphatic rings. The van der Waals surface area contributed by atoms with Crippen molar-refractivity contribution < 1.29 is 14.6 Å². The molecule has 0 bridgehead atoms. The maximum atomic E-state index is 12.2. The highest BCUT2D eigenvalue weighted by atomic mass is 16.5. The Balaban J connectivity index is 1.67. The Morgan fingerprint density at radius 2 is 1.83 bits per heavy atom. The minimum atomic E-state index is 0.147. The maximum absolute atomic E-state index is 12.2. The van der Waals surface area contributed by atoms with E-state index >= 15 is 0 Å². The lowest BCUT2D eigenvalue weighted by Crippen LogP contribution is -2.39. The second-order valence-electron chi connectivity index (χ2n) is 7.73. The molecule has 1 aromatic rings. The van der Waals surface area contributed by atoms with Crippen LogP contribution in [0.15, 0.2) is 24.3 Å². The van der Waals surface area contributed by atoms with Gasteiger partial charge in [-0.3, -0.25) is 4.79 Å². The van der Waals surface area contributed by atoms with Crippen LogP contribution in [0.5, 0.6) is 5.75 Å². The molecule has 1 fully saturated rings. The normalized spacial score (nSPS) is 16.2. The van der Waals surface area contributed by atoms with E-state index in [1.54, 1.807) is 0 Å². The maximum Gasteiger partial charge on any atom is 0.222 e. The molecule has 0 aliphatic carbocycles. The SMILES string of the molecule is CC(C)(C)c1ccc(OCCCC(=O)N2CCC(CO)CC2)cc1. The van der Waals surface area contributed by atoms with E-state index in [1.807, 2.05) is 17.0 Å². The third-order valence-electron chi connectivity index (χ3n) is 4.75. The van der Waals surface area contributed by atoms with E-state index in [2.05, 4.69) is 32.9 Å². The predicted molar refractivity (Wildman–Crippen MR) is 96.3 cm³/mol. The fourth-order valence-corrected chi connectivity index (χ4v) is 2.99. The smallest absolute Gasteiger partial charge is 0.222 e. The number of amides is 1. The summed E-state index contributed by atoms with van der Waals surface area (Å²) in [6, 6.07) is 8.21. The molecule has 1 N–H and O–H groups in total. The number of aliphatic hydroxyl groups excluding tert-OH is 1. The first-order valence-corrected chi connectivity index (χ1v) is 9.02. The fraction of sp³-hybridized carbons (Fsp3) is 0.650. The molecule has 0 unspecified atom stereocenters. The Morgan fingerprint density at radius 3 is 2.38 bits per heavy atom. The molecule has 134 valence electrons. The molecular formula is C20H31NO3. The molecule has 1 amide bonds. The number of rotatable bonds is 6. The van der Waals surface area contributed by atoms with E-state index in [4.69, 9.17) is 9.84 Å². The molecule has 24 heavy (non-hydrogen) atoms. The summed E-state index contributed by atoms with van der Waals surface area (Å²) in [7, 11) is 0. The predicted octanol–water partition coefficient (Wildman–Crippen LogP) is 3.37. The van der Waals surface area contributed by atoms with Gasteiger partial charge >= 0.3 is 0 Å². The molecule has 0 radical (unpaired) electrons. The lowest BCUT2D eigenvalue weighted by Gasteiger charge is -2.31. The van der Waals surface area contributed by atoms with Crippen molar-refractivity contribution >= 4 is 5.91 Å². The molecule has 2 rings (SSSR count). The molecule has 4 nitrogen and oxygen atoms in total. The van der Waals surface area contributed by atoms with Gasteiger partial charge in [-0.2, -0.15) is 0 Å². The van der Waals surface area contributed by atoms with Gasteiger partial charge in [-0.15, -0.1) is 0 Å². The van der Waals surface area contributed by atoms with Crippen LogP contribution in [-0.4, -0.2) is 42.2 Å². The van der Waals surface area contributed by atoms with Crippen LogP contribution in [0.25, 0.3) is 0 Å². The first-order valence-electron chi connectivity index (χ1n) is 9.02. The molecule has 4 heteroatoms. The summed E-state index contributed by atoms with van der Waals surface area (Å²) < 4.78 is 5.74. The van der Waals surface area contributed by atoms with Crippen molar-refractivity contribution in [1.29, 1.82) is 0 Å². The van der Waals surface area contributed by atoms with Crippen molar-refractivity contribution in [3.63, 3.8) is 0 Å². The minimum Gasteiger partial charge on any atom is -0.494 e.